The number of rotatable bonds is 4. The Morgan fingerprint density at radius 2 is 1.90 bits per heavy atom. The average molecular weight is 420 g/mol. The van der Waals surface area contributed by atoms with E-state index in [0.29, 0.717) is 32.0 Å². The zero-order valence-corrected chi connectivity index (χ0v) is 17.9. The number of H-pyrrole nitrogens is 1. The van der Waals surface area contributed by atoms with Gasteiger partial charge in [0.25, 0.3) is 0 Å². The number of piperidine rings is 2. The molecular weight excluding hydrogens is 390 g/mol. The van der Waals surface area contributed by atoms with Crippen molar-refractivity contribution in [2.24, 2.45) is 0 Å². The SMILES string of the molecule is COc1ccc2[nH]cc(C3CCN(C(=O)C4CCCCN4S(C)(=O)=O)CC3)c2c1. The lowest BCUT2D eigenvalue weighted by molar-refractivity contribution is -0.137. The van der Waals surface area contributed by atoms with Gasteiger partial charge in [0.05, 0.1) is 13.4 Å². The molecule has 8 heteroatoms. The Balaban J connectivity index is 1.46. The first kappa shape index (κ1) is 20.2. The number of ether oxygens (including phenoxy) is 1. The second-order valence-electron chi connectivity index (χ2n) is 8.14. The second-order valence-corrected chi connectivity index (χ2v) is 10.1. The van der Waals surface area contributed by atoms with Gasteiger partial charge >= 0.3 is 0 Å². The summed E-state index contributed by atoms with van der Waals surface area (Å²) in [5, 5.41) is 1.17. The van der Waals surface area contributed by atoms with E-state index in [4.69, 9.17) is 4.74 Å². The fourth-order valence-corrected chi connectivity index (χ4v) is 5.88. The van der Waals surface area contributed by atoms with Crippen LogP contribution in [0, 0.1) is 0 Å². The van der Waals surface area contributed by atoms with Gasteiger partial charge in [-0.2, -0.15) is 4.31 Å². The Morgan fingerprint density at radius 3 is 2.59 bits per heavy atom. The van der Waals surface area contributed by atoms with E-state index in [9.17, 15) is 13.2 Å². The van der Waals surface area contributed by atoms with E-state index in [1.807, 2.05) is 17.0 Å². The van der Waals surface area contributed by atoms with E-state index >= 15 is 0 Å². The van der Waals surface area contributed by atoms with Crippen LogP contribution in [-0.4, -0.2) is 67.6 Å². The topological polar surface area (TPSA) is 82.7 Å². The highest BCUT2D eigenvalue weighted by Gasteiger charge is 2.38. The zero-order chi connectivity index (χ0) is 20.6. The maximum Gasteiger partial charge on any atom is 0.241 e. The van der Waals surface area contributed by atoms with Gasteiger partial charge in [-0.15, -0.1) is 0 Å². The molecule has 2 aliphatic heterocycles. The van der Waals surface area contributed by atoms with Crippen molar-refractivity contribution < 1.29 is 17.9 Å². The number of methoxy groups -OCH3 is 1. The zero-order valence-electron chi connectivity index (χ0n) is 17.1. The van der Waals surface area contributed by atoms with Gasteiger partial charge in [0.1, 0.15) is 11.8 Å². The third-order valence-corrected chi connectivity index (χ3v) is 7.62. The van der Waals surface area contributed by atoms with Crippen molar-refractivity contribution in [1.82, 2.24) is 14.2 Å². The molecular formula is C21H29N3O4S. The van der Waals surface area contributed by atoms with Gasteiger partial charge in [-0.1, -0.05) is 6.42 Å². The number of sulfonamides is 1. The summed E-state index contributed by atoms with van der Waals surface area (Å²) in [5.41, 5.74) is 2.35. The van der Waals surface area contributed by atoms with Crippen LogP contribution in [0.25, 0.3) is 10.9 Å². The summed E-state index contributed by atoms with van der Waals surface area (Å²) in [6.07, 6.45) is 7.37. The van der Waals surface area contributed by atoms with Crippen LogP contribution in [-0.2, 0) is 14.8 Å². The third-order valence-electron chi connectivity index (χ3n) is 6.33. The molecule has 2 aromatic rings. The van der Waals surface area contributed by atoms with Crippen LogP contribution in [0.4, 0.5) is 0 Å². The number of fused-ring (bicyclic) bond motifs is 1. The molecule has 1 N–H and O–H groups in total. The fourth-order valence-electron chi connectivity index (χ4n) is 4.76. The van der Waals surface area contributed by atoms with Gasteiger partial charge in [0.2, 0.25) is 15.9 Å². The van der Waals surface area contributed by atoms with E-state index in [1.54, 1.807) is 7.11 Å². The molecule has 0 spiro atoms. The van der Waals surface area contributed by atoms with Crippen molar-refractivity contribution in [3.8, 4) is 5.75 Å². The predicted octanol–water partition coefficient (Wildman–Crippen LogP) is 2.70. The van der Waals surface area contributed by atoms with Crippen molar-refractivity contribution in [2.75, 3.05) is 33.0 Å². The molecule has 1 atom stereocenters. The van der Waals surface area contributed by atoms with E-state index in [-0.39, 0.29) is 5.91 Å². The van der Waals surface area contributed by atoms with Crippen LogP contribution in [0.2, 0.25) is 0 Å². The Bertz CT molecular complexity index is 993. The fraction of sp³-hybridized carbons (Fsp3) is 0.571. The number of nitrogens with one attached hydrogen (secondary N) is 1. The monoisotopic (exact) mass is 419 g/mol. The summed E-state index contributed by atoms with van der Waals surface area (Å²) in [4.78, 5) is 18.3. The first-order valence-corrected chi connectivity index (χ1v) is 12.1. The summed E-state index contributed by atoms with van der Waals surface area (Å²) < 4.78 is 31.0. The van der Waals surface area contributed by atoms with Gasteiger partial charge in [0, 0.05) is 36.7 Å². The number of aromatic nitrogens is 1. The summed E-state index contributed by atoms with van der Waals surface area (Å²) in [7, 11) is -1.70. The smallest absolute Gasteiger partial charge is 0.241 e. The van der Waals surface area contributed by atoms with Crippen LogP contribution in [0.15, 0.2) is 24.4 Å². The maximum atomic E-state index is 13.1. The van der Waals surface area contributed by atoms with E-state index < -0.39 is 16.1 Å². The number of nitrogens with zero attached hydrogens (tertiary/aromatic N) is 2. The van der Waals surface area contributed by atoms with Crippen LogP contribution < -0.4 is 4.74 Å². The van der Waals surface area contributed by atoms with Crippen LogP contribution in [0.5, 0.6) is 5.75 Å². The lowest BCUT2D eigenvalue weighted by atomic mass is 9.88. The molecule has 0 saturated carbocycles. The Kier molecular flexibility index (Phi) is 5.57. The van der Waals surface area contributed by atoms with Crippen molar-refractivity contribution in [1.29, 1.82) is 0 Å². The molecule has 2 fully saturated rings. The molecule has 0 radical (unpaired) electrons. The first-order chi connectivity index (χ1) is 13.9. The molecule has 29 heavy (non-hydrogen) atoms. The summed E-state index contributed by atoms with van der Waals surface area (Å²) >= 11 is 0. The molecule has 1 aromatic carbocycles. The van der Waals surface area contributed by atoms with E-state index in [2.05, 4.69) is 17.2 Å². The number of aromatic amines is 1. The Hall–Kier alpha value is -2.06. The van der Waals surface area contributed by atoms with Crippen molar-refractivity contribution in [3.05, 3.63) is 30.0 Å². The molecule has 0 aliphatic carbocycles. The molecule has 1 unspecified atom stereocenters. The molecule has 7 nitrogen and oxygen atoms in total. The van der Waals surface area contributed by atoms with Crippen LogP contribution >= 0.6 is 0 Å². The number of hydrogen-bond acceptors (Lipinski definition) is 4. The average Bonchev–Trinajstić information content (AvgIpc) is 3.16. The number of carbonyl (C=O) groups excluding carboxylic acids is 1. The quantitative estimate of drug-likeness (QED) is 0.826. The van der Waals surface area contributed by atoms with Gasteiger partial charge in [-0.3, -0.25) is 4.79 Å². The van der Waals surface area contributed by atoms with E-state index in [0.717, 1.165) is 36.9 Å². The second kappa shape index (κ2) is 7.99. The van der Waals surface area contributed by atoms with Gasteiger partial charge < -0.3 is 14.6 Å². The third kappa shape index (κ3) is 4.00. The molecule has 3 heterocycles. The number of likely N-dealkylation sites (tertiary alicyclic amines) is 1. The van der Waals surface area contributed by atoms with Gasteiger partial charge in [-0.05, 0) is 55.4 Å². The minimum Gasteiger partial charge on any atom is -0.497 e. The highest BCUT2D eigenvalue weighted by molar-refractivity contribution is 7.88. The first-order valence-electron chi connectivity index (χ1n) is 10.3. The van der Waals surface area contributed by atoms with Crippen LogP contribution in [0.1, 0.15) is 43.6 Å². The minimum absolute atomic E-state index is 0.0332. The lowest BCUT2D eigenvalue weighted by Gasteiger charge is -2.39. The number of hydrogen-bond donors (Lipinski definition) is 1. The largest absolute Gasteiger partial charge is 0.497 e. The molecule has 2 saturated heterocycles. The molecule has 1 aromatic heterocycles. The molecule has 0 bridgehead atoms. The Morgan fingerprint density at radius 1 is 1.14 bits per heavy atom. The lowest BCUT2D eigenvalue weighted by Crippen LogP contribution is -2.53. The summed E-state index contributed by atoms with van der Waals surface area (Å²) in [6.45, 7) is 1.77. The summed E-state index contributed by atoms with van der Waals surface area (Å²) in [5.74, 6) is 1.18. The standard InChI is InChI=1S/C21H29N3O4S/c1-28-16-6-7-19-17(13-16)18(14-22-19)15-8-11-23(12-9-15)21(25)20-5-3-4-10-24(20)29(2,26)27/h6-7,13-15,20,22H,3-5,8-12H2,1-2H3. The minimum atomic E-state index is -3.37. The molecule has 158 valence electrons. The van der Waals surface area contributed by atoms with Crippen molar-refractivity contribution in [2.45, 2.75) is 44.1 Å². The number of carbonyl (C=O) groups is 1. The van der Waals surface area contributed by atoms with Crippen molar-refractivity contribution >= 4 is 26.8 Å². The highest BCUT2D eigenvalue weighted by atomic mass is 32.2. The highest BCUT2D eigenvalue weighted by Crippen LogP contribution is 2.35. The van der Waals surface area contributed by atoms with Crippen molar-refractivity contribution in [3.63, 3.8) is 0 Å². The molecule has 1 amide bonds. The predicted molar refractivity (Wildman–Crippen MR) is 113 cm³/mol. The maximum absolute atomic E-state index is 13.1. The van der Waals surface area contributed by atoms with E-state index in [1.165, 1.54) is 21.5 Å². The normalized spacial score (nSPS) is 22.1. The summed E-state index contributed by atoms with van der Waals surface area (Å²) in [6, 6.07) is 5.50. The number of amides is 1. The van der Waals surface area contributed by atoms with Gasteiger partial charge in [-0.25, -0.2) is 8.42 Å². The van der Waals surface area contributed by atoms with Gasteiger partial charge in [0.15, 0.2) is 0 Å². The molecule has 2 aliphatic rings. The molecule has 4 rings (SSSR count). The Labute approximate surface area is 172 Å². The number of benzene rings is 1. The van der Waals surface area contributed by atoms with Crippen LogP contribution in [0.3, 0.4) is 0 Å².